The zero-order chi connectivity index (χ0) is 19.8. The Morgan fingerprint density at radius 2 is 2.11 bits per heavy atom. The highest BCUT2D eigenvalue weighted by Crippen LogP contribution is 2.28. The van der Waals surface area contributed by atoms with Crippen molar-refractivity contribution in [3.8, 4) is 5.75 Å². The summed E-state index contributed by atoms with van der Waals surface area (Å²) < 4.78 is 5.16. The number of ether oxygens (including phenoxy) is 1. The SMILES string of the molecule is COc1ccc(CNC(=O)CN2CCCCC[C@H]2C[C@@H](O)c2cccs2)cc1. The highest BCUT2D eigenvalue weighted by molar-refractivity contribution is 7.10. The van der Waals surface area contributed by atoms with Crippen LogP contribution >= 0.6 is 11.3 Å². The van der Waals surface area contributed by atoms with Crippen LogP contribution < -0.4 is 10.1 Å². The van der Waals surface area contributed by atoms with Crippen molar-refractivity contribution in [2.45, 2.75) is 50.8 Å². The van der Waals surface area contributed by atoms with Crippen molar-refractivity contribution in [3.63, 3.8) is 0 Å². The highest BCUT2D eigenvalue weighted by atomic mass is 32.1. The summed E-state index contributed by atoms with van der Waals surface area (Å²) in [7, 11) is 1.64. The average Bonchev–Trinajstić information content (AvgIpc) is 3.17. The average molecular weight is 403 g/mol. The predicted octanol–water partition coefficient (Wildman–Crippen LogP) is 3.74. The number of nitrogens with zero attached hydrogens (tertiary/aromatic N) is 1. The number of aliphatic hydroxyl groups excluding tert-OH is 1. The minimum atomic E-state index is -0.451. The predicted molar refractivity (Wildman–Crippen MR) is 113 cm³/mol. The van der Waals surface area contributed by atoms with Gasteiger partial charge in [-0.25, -0.2) is 0 Å². The zero-order valence-electron chi connectivity index (χ0n) is 16.5. The van der Waals surface area contributed by atoms with Crippen molar-refractivity contribution < 1.29 is 14.6 Å². The van der Waals surface area contributed by atoms with Gasteiger partial charge in [-0.05, 0) is 54.9 Å². The van der Waals surface area contributed by atoms with Crippen LogP contribution in [0.4, 0.5) is 0 Å². The molecule has 3 rings (SSSR count). The highest BCUT2D eigenvalue weighted by Gasteiger charge is 2.26. The summed E-state index contributed by atoms with van der Waals surface area (Å²) in [6, 6.07) is 11.9. The molecule has 1 aromatic carbocycles. The number of thiophene rings is 1. The lowest BCUT2D eigenvalue weighted by atomic mass is 10.0. The lowest BCUT2D eigenvalue weighted by molar-refractivity contribution is -0.123. The minimum absolute atomic E-state index is 0.0355. The van der Waals surface area contributed by atoms with Gasteiger partial charge >= 0.3 is 0 Å². The van der Waals surface area contributed by atoms with Gasteiger partial charge in [0.15, 0.2) is 0 Å². The molecule has 2 atom stereocenters. The summed E-state index contributed by atoms with van der Waals surface area (Å²) in [5, 5.41) is 15.6. The first-order chi connectivity index (χ1) is 13.7. The third kappa shape index (κ3) is 6.06. The largest absolute Gasteiger partial charge is 0.497 e. The van der Waals surface area contributed by atoms with Gasteiger partial charge < -0.3 is 15.2 Å². The van der Waals surface area contributed by atoms with E-state index in [2.05, 4.69) is 10.2 Å². The number of benzene rings is 1. The van der Waals surface area contributed by atoms with Gasteiger partial charge in [0, 0.05) is 17.5 Å². The smallest absolute Gasteiger partial charge is 0.234 e. The van der Waals surface area contributed by atoms with E-state index in [-0.39, 0.29) is 11.9 Å². The van der Waals surface area contributed by atoms with Gasteiger partial charge in [-0.1, -0.05) is 31.0 Å². The first-order valence-electron chi connectivity index (χ1n) is 10.0. The number of amides is 1. The first-order valence-corrected chi connectivity index (χ1v) is 10.9. The summed E-state index contributed by atoms with van der Waals surface area (Å²) in [4.78, 5) is 15.8. The van der Waals surface area contributed by atoms with Crippen LogP contribution in [0.25, 0.3) is 0 Å². The fourth-order valence-corrected chi connectivity index (χ4v) is 4.48. The van der Waals surface area contributed by atoms with Gasteiger partial charge in [-0.15, -0.1) is 11.3 Å². The van der Waals surface area contributed by atoms with E-state index in [1.54, 1.807) is 18.4 Å². The Hall–Kier alpha value is -1.89. The number of hydrogen-bond acceptors (Lipinski definition) is 5. The van der Waals surface area contributed by atoms with E-state index >= 15 is 0 Å². The molecule has 1 aromatic heterocycles. The number of hydrogen-bond donors (Lipinski definition) is 2. The van der Waals surface area contributed by atoms with E-state index in [0.29, 0.717) is 19.5 Å². The van der Waals surface area contributed by atoms with Crippen LogP contribution in [-0.2, 0) is 11.3 Å². The van der Waals surface area contributed by atoms with E-state index < -0.39 is 6.10 Å². The molecule has 2 N–H and O–H groups in total. The third-order valence-electron chi connectivity index (χ3n) is 5.36. The molecular formula is C22H30N2O3S. The Bertz CT molecular complexity index is 718. The fraction of sp³-hybridized carbons (Fsp3) is 0.500. The van der Waals surface area contributed by atoms with Crippen LogP contribution in [0.2, 0.25) is 0 Å². The molecule has 6 heteroatoms. The van der Waals surface area contributed by atoms with Gasteiger partial charge in [0.05, 0.1) is 19.8 Å². The summed E-state index contributed by atoms with van der Waals surface area (Å²) in [6.45, 7) is 1.81. The molecule has 0 saturated carbocycles. The molecule has 1 fully saturated rings. The standard InChI is InChI=1S/C22H30N2O3S/c1-27-19-10-8-17(9-11-19)15-23-22(26)16-24-12-4-2-3-6-18(24)14-20(25)21-7-5-13-28-21/h5,7-11,13,18,20,25H,2-4,6,12,14-16H2,1H3,(H,23,26)/t18-,20+/m0/s1. The second-order valence-electron chi connectivity index (χ2n) is 7.37. The molecular weight excluding hydrogens is 372 g/mol. The molecule has 2 heterocycles. The first kappa shape index (κ1) is 20.8. The van der Waals surface area contributed by atoms with Crippen molar-refractivity contribution in [1.82, 2.24) is 10.2 Å². The summed E-state index contributed by atoms with van der Waals surface area (Å²) in [5.41, 5.74) is 1.05. The maximum Gasteiger partial charge on any atom is 0.234 e. The maximum absolute atomic E-state index is 12.5. The molecule has 0 bridgehead atoms. The maximum atomic E-state index is 12.5. The quantitative estimate of drug-likeness (QED) is 0.706. The van der Waals surface area contributed by atoms with E-state index in [1.165, 1.54) is 6.42 Å². The summed E-state index contributed by atoms with van der Waals surface area (Å²) in [5.74, 6) is 0.847. The molecule has 0 aliphatic carbocycles. The topological polar surface area (TPSA) is 61.8 Å². The number of aliphatic hydroxyl groups is 1. The van der Waals surface area contributed by atoms with E-state index in [1.807, 2.05) is 41.8 Å². The number of methoxy groups -OCH3 is 1. The molecule has 152 valence electrons. The lowest BCUT2D eigenvalue weighted by Gasteiger charge is -2.30. The number of likely N-dealkylation sites (tertiary alicyclic amines) is 1. The van der Waals surface area contributed by atoms with Gasteiger partial charge in [0.2, 0.25) is 5.91 Å². The number of nitrogens with one attached hydrogen (secondary N) is 1. The second-order valence-corrected chi connectivity index (χ2v) is 8.34. The van der Waals surface area contributed by atoms with Crippen molar-refractivity contribution >= 4 is 17.2 Å². The van der Waals surface area contributed by atoms with Gasteiger partial charge in [-0.3, -0.25) is 9.69 Å². The van der Waals surface area contributed by atoms with Gasteiger partial charge in [-0.2, -0.15) is 0 Å². The summed E-state index contributed by atoms with van der Waals surface area (Å²) >= 11 is 1.59. The normalized spacial score (nSPS) is 19.0. The lowest BCUT2D eigenvalue weighted by Crippen LogP contribution is -2.43. The van der Waals surface area contributed by atoms with Crippen LogP contribution in [0.1, 0.15) is 48.6 Å². The Morgan fingerprint density at radius 3 is 2.82 bits per heavy atom. The molecule has 0 spiro atoms. The van der Waals surface area contributed by atoms with Crippen LogP contribution in [0.3, 0.4) is 0 Å². The van der Waals surface area contributed by atoms with E-state index in [9.17, 15) is 9.90 Å². The minimum Gasteiger partial charge on any atom is -0.497 e. The van der Waals surface area contributed by atoms with Crippen LogP contribution in [0.5, 0.6) is 5.75 Å². The molecule has 0 unspecified atom stereocenters. The van der Waals surface area contributed by atoms with E-state index in [4.69, 9.17) is 4.74 Å². The van der Waals surface area contributed by atoms with Gasteiger partial charge in [0.1, 0.15) is 5.75 Å². The fourth-order valence-electron chi connectivity index (χ4n) is 3.75. The molecule has 5 nitrogen and oxygen atoms in total. The molecule has 2 aromatic rings. The van der Waals surface area contributed by atoms with Gasteiger partial charge in [0.25, 0.3) is 0 Å². The molecule has 0 radical (unpaired) electrons. The van der Waals surface area contributed by atoms with Crippen molar-refractivity contribution in [1.29, 1.82) is 0 Å². The van der Waals surface area contributed by atoms with Crippen molar-refractivity contribution in [3.05, 3.63) is 52.2 Å². The van der Waals surface area contributed by atoms with Crippen LogP contribution in [0, 0.1) is 0 Å². The molecule has 1 amide bonds. The summed E-state index contributed by atoms with van der Waals surface area (Å²) in [6.07, 6.45) is 4.73. The third-order valence-corrected chi connectivity index (χ3v) is 6.33. The van der Waals surface area contributed by atoms with Crippen molar-refractivity contribution in [2.75, 3.05) is 20.2 Å². The Labute approximate surface area is 171 Å². The Morgan fingerprint density at radius 1 is 1.29 bits per heavy atom. The zero-order valence-corrected chi connectivity index (χ0v) is 17.3. The number of carbonyl (C=O) groups excluding carboxylic acids is 1. The van der Waals surface area contributed by atoms with Crippen molar-refractivity contribution in [2.24, 2.45) is 0 Å². The monoisotopic (exact) mass is 402 g/mol. The molecule has 1 aliphatic rings. The van der Waals surface area contributed by atoms with Crippen LogP contribution in [0.15, 0.2) is 41.8 Å². The van der Waals surface area contributed by atoms with Crippen LogP contribution in [-0.4, -0.2) is 42.2 Å². The number of carbonyl (C=O) groups is 1. The number of rotatable bonds is 8. The molecule has 28 heavy (non-hydrogen) atoms. The van der Waals surface area contributed by atoms with E-state index in [0.717, 1.165) is 42.0 Å². The second kappa shape index (κ2) is 10.6. The molecule has 1 saturated heterocycles. The molecule has 1 aliphatic heterocycles. The Balaban J connectivity index is 1.53. The Kier molecular flexibility index (Phi) is 7.89.